The van der Waals surface area contributed by atoms with Crippen molar-refractivity contribution in [3.63, 3.8) is 0 Å². The minimum absolute atomic E-state index is 0.289. The fraction of sp³-hybridized carbons (Fsp3) is 0.167. The minimum atomic E-state index is -0.782. The Morgan fingerprint density at radius 1 is 1.43 bits per heavy atom. The smallest absolute Gasteiger partial charge is 0.258 e. The van der Waals surface area contributed by atoms with Gasteiger partial charge in [-0.25, -0.2) is 15.1 Å². The molecule has 14 heavy (non-hydrogen) atoms. The molecule has 0 aromatic carbocycles. The van der Waals surface area contributed by atoms with E-state index in [0.717, 1.165) is 13.1 Å². The van der Waals surface area contributed by atoms with Crippen molar-refractivity contribution in [3.05, 3.63) is 38.6 Å². The van der Waals surface area contributed by atoms with Crippen LogP contribution in [0.3, 0.4) is 0 Å². The average Bonchev–Trinajstić information content (AvgIpc) is 2.16. The van der Waals surface area contributed by atoms with Gasteiger partial charge >= 0.3 is 5.69 Å². The molecule has 0 aliphatic rings. The lowest BCUT2D eigenvalue weighted by molar-refractivity contribution is -0.492. The first kappa shape index (κ1) is 9.84. The van der Waals surface area contributed by atoms with Crippen molar-refractivity contribution in [2.75, 3.05) is 12.1 Å². The molecule has 0 radical (unpaired) electrons. The van der Waals surface area contributed by atoms with Crippen LogP contribution in [-0.4, -0.2) is 22.0 Å². The van der Waals surface area contributed by atoms with Crippen LogP contribution < -0.4 is 5.01 Å². The molecule has 1 aromatic heterocycles. The van der Waals surface area contributed by atoms with Crippen LogP contribution in [-0.2, 0) is 0 Å². The van der Waals surface area contributed by atoms with Crippen LogP contribution in [0.15, 0.2) is 18.3 Å². The quantitative estimate of drug-likeness (QED) is 0.520. The SMILES string of the molecule is CN(c1ncccc1[N+](=O)[O-])[N+](=O)[O-]. The molecule has 1 heterocycles. The highest BCUT2D eigenvalue weighted by Crippen LogP contribution is 2.23. The lowest BCUT2D eigenvalue weighted by Gasteiger charge is -2.06. The van der Waals surface area contributed by atoms with Crippen LogP contribution in [0, 0.1) is 20.2 Å². The van der Waals surface area contributed by atoms with Gasteiger partial charge in [-0.05, 0) is 6.07 Å². The molecule has 0 spiro atoms. The first-order valence-electron chi connectivity index (χ1n) is 3.51. The largest absolute Gasteiger partial charge is 0.317 e. The zero-order valence-electron chi connectivity index (χ0n) is 7.15. The molecule has 0 N–H and O–H groups in total. The number of hydrogen-bond donors (Lipinski definition) is 0. The van der Waals surface area contributed by atoms with E-state index >= 15 is 0 Å². The van der Waals surface area contributed by atoms with Gasteiger partial charge in [-0.1, -0.05) is 5.01 Å². The predicted octanol–water partition coefficient (Wildman–Crippen LogP) is 0.618. The summed E-state index contributed by atoms with van der Waals surface area (Å²) in [6, 6.07) is 2.50. The van der Waals surface area contributed by atoms with Gasteiger partial charge in [0, 0.05) is 12.3 Å². The van der Waals surface area contributed by atoms with Crippen molar-refractivity contribution in [1.29, 1.82) is 0 Å². The Labute approximate surface area is 78.1 Å². The molecule has 0 atom stereocenters. The summed E-state index contributed by atoms with van der Waals surface area (Å²) >= 11 is 0. The second kappa shape index (κ2) is 3.64. The topological polar surface area (TPSA) is 102 Å². The Kier molecular flexibility index (Phi) is 2.56. The highest BCUT2D eigenvalue weighted by molar-refractivity contribution is 5.54. The number of nitro groups is 2. The summed E-state index contributed by atoms with van der Waals surface area (Å²) in [6.07, 6.45) is 1.25. The van der Waals surface area contributed by atoms with Crippen LogP contribution >= 0.6 is 0 Å². The summed E-state index contributed by atoms with van der Waals surface area (Å²) in [4.78, 5) is 23.7. The van der Waals surface area contributed by atoms with Crippen molar-refractivity contribution in [1.82, 2.24) is 4.98 Å². The summed E-state index contributed by atoms with van der Waals surface area (Å²) in [6.45, 7) is 0. The predicted molar refractivity (Wildman–Crippen MR) is 46.3 cm³/mol. The van der Waals surface area contributed by atoms with Gasteiger partial charge in [-0.15, -0.1) is 0 Å². The number of anilines is 1. The van der Waals surface area contributed by atoms with Gasteiger partial charge in [0.1, 0.15) is 0 Å². The Bertz CT molecular complexity index is 380. The van der Waals surface area contributed by atoms with E-state index in [-0.39, 0.29) is 5.82 Å². The molecule has 0 amide bonds. The maximum Gasteiger partial charge on any atom is 0.317 e. The van der Waals surface area contributed by atoms with E-state index in [1.165, 1.54) is 12.3 Å². The van der Waals surface area contributed by atoms with Crippen molar-refractivity contribution >= 4 is 11.5 Å². The van der Waals surface area contributed by atoms with E-state index in [4.69, 9.17) is 0 Å². The van der Waals surface area contributed by atoms with Gasteiger partial charge < -0.3 is 0 Å². The molecule has 0 saturated carbocycles. The molecule has 0 aliphatic heterocycles. The molecule has 8 nitrogen and oxygen atoms in total. The Balaban J connectivity index is 3.19. The van der Waals surface area contributed by atoms with Crippen LogP contribution in [0.5, 0.6) is 0 Å². The normalized spacial score (nSPS) is 9.50. The van der Waals surface area contributed by atoms with Gasteiger partial charge in [0.15, 0.2) is 5.03 Å². The minimum Gasteiger partial charge on any atom is -0.258 e. The van der Waals surface area contributed by atoms with E-state index in [9.17, 15) is 20.2 Å². The van der Waals surface area contributed by atoms with Crippen molar-refractivity contribution in [2.45, 2.75) is 0 Å². The summed E-state index contributed by atoms with van der Waals surface area (Å²) in [5.41, 5.74) is -0.397. The molecule has 74 valence electrons. The summed E-state index contributed by atoms with van der Waals surface area (Å²) < 4.78 is 0. The molecule has 0 aliphatic carbocycles. The van der Waals surface area contributed by atoms with Gasteiger partial charge in [0.05, 0.1) is 12.0 Å². The van der Waals surface area contributed by atoms with E-state index in [0.29, 0.717) is 5.01 Å². The summed E-state index contributed by atoms with van der Waals surface area (Å²) in [5, 5.41) is 20.5. The number of rotatable bonds is 3. The van der Waals surface area contributed by atoms with Crippen LogP contribution in [0.1, 0.15) is 0 Å². The molecular formula is C6H6N4O4. The monoisotopic (exact) mass is 198 g/mol. The zero-order chi connectivity index (χ0) is 10.7. The fourth-order valence-corrected chi connectivity index (χ4v) is 0.858. The molecule has 0 bridgehead atoms. The van der Waals surface area contributed by atoms with E-state index in [1.807, 2.05) is 0 Å². The Morgan fingerprint density at radius 3 is 2.57 bits per heavy atom. The molecule has 1 aromatic rings. The van der Waals surface area contributed by atoms with Crippen molar-refractivity contribution < 1.29 is 9.96 Å². The lowest BCUT2D eigenvalue weighted by Crippen LogP contribution is -2.26. The molecule has 0 fully saturated rings. The zero-order valence-corrected chi connectivity index (χ0v) is 7.15. The molecule has 1 rings (SSSR count). The molecular weight excluding hydrogens is 192 g/mol. The van der Waals surface area contributed by atoms with Gasteiger partial charge in [-0.3, -0.25) is 10.1 Å². The summed E-state index contributed by atoms with van der Waals surface area (Å²) in [5.74, 6) is -0.289. The highest BCUT2D eigenvalue weighted by Gasteiger charge is 2.24. The third-order valence-corrected chi connectivity index (χ3v) is 1.51. The molecule has 8 heteroatoms. The average molecular weight is 198 g/mol. The second-order valence-electron chi connectivity index (χ2n) is 2.36. The van der Waals surface area contributed by atoms with Crippen molar-refractivity contribution in [3.8, 4) is 0 Å². The fourth-order valence-electron chi connectivity index (χ4n) is 0.858. The van der Waals surface area contributed by atoms with Crippen LogP contribution in [0.25, 0.3) is 0 Å². The lowest BCUT2D eigenvalue weighted by atomic mass is 10.4. The van der Waals surface area contributed by atoms with Crippen LogP contribution in [0.2, 0.25) is 0 Å². The van der Waals surface area contributed by atoms with Gasteiger partial charge in [0.2, 0.25) is 0 Å². The van der Waals surface area contributed by atoms with Gasteiger partial charge in [-0.2, -0.15) is 0 Å². The summed E-state index contributed by atoms with van der Waals surface area (Å²) in [7, 11) is 1.09. The number of pyridine rings is 1. The van der Waals surface area contributed by atoms with E-state index in [2.05, 4.69) is 4.98 Å². The number of aromatic nitrogens is 1. The van der Waals surface area contributed by atoms with E-state index < -0.39 is 15.6 Å². The number of hydrogen-bond acceptors (Lipinski definition) is 5. The van der Waals surface area contributed by atoms with Gasteiger partial charge in [0.25, 0.3) is 5.82 Å². The Morgan fingerprint density at radius 2 is 2.07 bits per heavy atom. The number of hydrazine groups is 1. The standard InChI is InChI=1S/C6H6N4O4/c1-8(10(13)14)6-5(9(11)12)3-2-4-7-6/h2-4H,1H3. The van der Waals surface area contributed by atoms with E-state index in [1.54, 1.807) is 0 Å². The highest BCUT2D eigenvalue weighted by atomic mass is 16.7. The Hall–Kier alpha value is -2.25. The van der Waals surface area contributed by atoms with Crippen LogP contribution in [0.4, 0.5) is 11.5 Å². The maximum absolute atomic E-state index is 10.5. The number of nitrogens with zero attached hydrogens (tertiary/aromatic N) is 4. The third kappa shape index (κ3) is 1.73. The van der Waals surface area contributed by atoms with Crippen molar-refractivity contribution in [2.24, 2.45) is 0 Å². The first-order chi connectivity index (χ1) is 6.54. The molecule has 0 saturated heterocycles. The maximum atomic E-state index is 10.5. The third-order valence-electron chi connectivity index (χ3n) is 1.51. The second-order valence-corrected chi connectivity index (χ2v) is 2.36. The molecule has 0 unspecified atom stereocenters. The first-order valence-corrected chi connectivity index (χ1v) is 3.51.